The van der Waals surface area contributed by atoms with Gasteiger partial charge in [0.05, 0.1) is 21.1 Å². The molecule has 16 heavy (non-hydrogen) atoms. The SMILES string of the molecule is CC(=O)OC(C)C(=O)OCC[N+](C)(C)C.[I-]. The van der Waals surface area contributed by atoms with E-state index < -0.39 is 18.0 Å². The van der Waals surface area contributed by atoms with Crippen molar-refractivity contribution in [1.29, 1.82) is 0 Å². The number of esters is 2. The van der Waals surface area contributed by atoms with Crippen LogP contribution >= 0.6 is 0 Å². The highest BCUT2D eigenvalue weighted by molar-refractivity contribution is 5.78. The molecule has 0 N–H and O–H groups in total. The highest BCUT2D eigenvalue weighted by atomic mass is 127. The average Bonchev–Trinajstić information content (AvgIpc) is 2.00. The van der Waals surface area contributed by atoms with Crippen molar-refractivity contribution in [2.45, 2.75) is 20.0 Å². The Balaban J connectivity index is 0. The number of ether oxygens (including phenoxy) is 2. The minimum Gasteiger partial charge on any atom is -1.00 e. The second-order valence-corrected chi connectivity index (χ2v) is 4.43. The fraction of sp³-hybridized carbons (Fsp3) is 0.800. The lowest BCUT2D eigenvalue weighted by Gasteiger charge is -2.23. The zero-order valence-corrected chi connectivity index (χ0v) is 12.6. The van der Waals surface area contributed by atoms with Gasteiger partial charge in [-0.2, -0.15) is 0 Å². The number of likely N-dealkylation sites (N-methyl/N-ethyl adjacent to an activating group) is 1. The predicted octanol–water partition coefficient (Wildman–Crippen LogP) is -2.81. The molecule has 0 aliphatic rings. The molecule has 1 unspecified atom stereocenters. The third-order valence-electron chi connectivity index (χ3n) is 1.68. The minimum absolute atomic E-state index is 0. The van der Waals surface area contributed by atoms with Gasteiger partial charge in [0.2, 0.25) is 0 Å². The van der Waals surface area contributed by atoms with Crippen molar-refractivity contribution in [1.82, 2.24) is 0 Å². The van der Waals surface area contributed by atoms with Crippen LogP contribution in [0.25, 0.3) is 0 Å². The van der Waals surface area contributed by atoms with Crippen LogP contribution < -0.4 is 24.0 Å². The van der Waals surface area contributed by atoms with Crippen LogP contribution in [0.4, 0.5) is 0 Å². The Morgan fingerprint density at radius 3 is 2.12 bits per heavy atom. The summed E-state index contributed by atoms with van der Waals surface area (Å²) in [6, 6.07) is 0. The highest BCUT2D eigenvalue weighted by Crippen LogP contribution is 1.97. The molecule has 0 fully saturated rings. The van der Waals surface area contributed by atoms with E-state index in [2.05, 4.69) is 4.74 Å². The maximum absolute atomic E-state index is 11.3. The zero-order valence-electron chi connectivity index (χ0n) is 10.4. The molecule has 96 valence electrons. The number of rotatable bonds is 5. The van der Waals surface area contributed by atoms with Crippen LogP contribution in [-0.2, 0) is 19.1 Å². The van der Waals surface area contributed by atoms with Gasteiger partial charge < -0.3 is 37.9 Å². The van der Waals surface area contributed by atoms with Crippen molar-refractivity contribution in [3.05, 3.63) is 0 Å². The van der Waals surface area contributed by atoms with E-state index in [9.17, 15) is 9.59 Å². The van der Waals surface area contributed by atoms with E-state index in [0.717, 1.165) is 11.0 Å². The fourth-order valence-corrected chi connectivity index (χ4v) is 0.835. The second kappa shape index (κ2) is 7.83. The molecule has 5 nitrogen and oxygen atoms in total. The van der Waals surface area contributed by atoms with Crippen molar-refractivity contribution in [3.8, 4) is 0 Å². The molecule has 0 aromatic heterocycles. The zero-order chi connectivity index (χ0) is 12.1. The summed E-state index contributed by atoms with van der Waals surface area (Å²) in [5.41, 5.74) is 0. The smallest absolute Gasteiger partial charge is 0.347 e. The van der Waals surface area contributed by atoms with E-state index in [1.54, 1.807) is 0 Å². The molecule has 0 spiro atoms. The number of carbonyl (C=O) groups is 2. The molecule has 1 atom stereocenters. The molecule has 0 rings (SSSR count). The highest BCUT2D eigenvalue weighted by Gasteiger charge is 2.18. The number of quaternary nitrogens is 1. The molecule has 0 aliphatic heterocycles. The summed E-state index contributed by atoms with van der Waals surface area (Å²) in [6.45, 7) is 3.80. The molecule has 0 bridgehead atoms. The molecule has 0 radical (unpaired) electrons. The van der Waals surface area contributed by atoms with E-state index in [4.69, 9.17) is 4.74 Å². The first-order valence-corrected chi connectivity index (χ1v) is 4.86. The van der Waals surface area contributed by atoms with E-state index in [1.807, 2.05) is 21.1 Å². The van der Waals surface area contributed by atoms with E-state index in [0.29, 0.717) is 6.61 Å². The van der Waals surface area contributed by atoms with Crippen molar-refractivity contribution < 1.29 is 47.5 Å². The standard InChI is InChI=1S/C10H20NO4.HI/c1-8(15-9(2)12)10(13)14-7-6-11(3,4)5;/h8H,6-7H2,1-5H3;1H/q+1;/p-1. The Bertz CT molecular complexity index is 237. The summed E-state index contributed by atoms with van der Waals surface area (Å²) in [7, 11) is 6.01. The Labute approximate surface area is 114 Å². The Hall–Kier alpha value is -0.370. The monoisotopic (exact) mass is 345 g/mol. The van der Waals surface area contributed by atoms with Crippen LogP contribution in [0.2, 0.25) is 0 Å². The van der Waals surface area contributed by atoms with Gasteiger partial charge in [-0.3, -0.25) is 4.79 Å². The van der Waals surface area contributed by atoms with Crippen LogP contribution in [-0.4, -0.2) is 56.8 Å². The first-order valence-electron chi connectivity index (χ1n) is 4.86. The lowest BCUT2D eigenvalue weighted by Crippen LogP contribution is -3.00. The molecule has 0 aromatic carbocycles. The summed E-state index contributed by atoms with van der Waals surface area (Å²) in [5, 5.41) is 0. The summed E-state index contributed by atoms with van der Waals surface area (Å²) in [5.74, 6) is -0.982. The fourth-order valence-electron chi connectivity index (χ4n) is 0.835. The Morgan fingerprint density at radius 1 is 1.25 bits per heavy atom. The van der Waals surface area contributed by atoms with Gasteiger partial charge >= 0.3 is 11.9 Å². The second-order valence-electron chi connectivity index (χ2n) is 4.43. The van der Waals surface area contributed by atoms with E-state index >= 15 is 0 Å². The van der Waals surface area contributed by atoms with Gasteiger partial charge in [-0.25, -0.2) is 4.79 Å². The first-order chi connectivity index (χ1) is 6.72. The van der Waals surface area contributed by atoms with Gasteiger partial charge in [0.25, 0.3) is 0 Å². The van der Waals surface area contributed by atoms with Crippen molar-refractivity contribution in [2.24, 2.45) is 0 Å². The van der Waals surface area contributed by atoms with Crippen molar-refractivity contribution in [3.63, 3.8) is 0 Å². The number of nitrogens with zero attached hydrogens (tertiary/aromatic N) is 1. The normalized spacial score (nSPS) is 12.3. The lowest BCUT2D eigenvalue weighted by atomic mass is 10.4. The molecule has 0 aromatic rings. The molecule has 0 saturated carbocycles. The van der Waals surface area contributed by atoms with Crippen LogP contribution in [0.15, 0.2) is 0 Å². The van der Waals surface area contributed by atoms with E-state index in [-0.39, 0.29) is 24.0 Å². The molecule has 6 heteroatoms. The maximum Gasteiger partial charge on any atom is 0.347 e. The van der Waals surface area contributed by atoms with Crippen LogP contribution in [0.1, 0.15) is 13.8 Å². The van der Waals surface area contributed by atoms with Crippen LogP contribution in [0.5, 0.6) is 0 Å². The van der Waals surface area contributed by atoms with Gasteiger partial charge in [-0.1, -0.05) is 0 Å². The van der Waals surface area contributed by atoms with Crippen LogP contribution in [0.3, 0.4) is 0 Å². The topological polar surface area (TPSA) is 52.6 Å². The molecular weight excluding hydrogens is 325 g/mol. The summed E-state index contributed by atoms with van der Waals surface area (Å²) in [6.07, 6.45) is -0.824. The van der Waals surface area contributed by atoms with Gasteiger partial charge in [-0.15, -0.1) is 0 Å². The Kier molecular flexibility index (Phi) is 8.81. The Morgan fingerprint density at radius 2 is 1.75 bits per heavy atom. The molecular formula is C10H20INO4. The third-order valence-corrected chi connectivity index (χ3v) is 1.68. The maximum atomic E-state index is 11.3. The largest absolute Gasteiger partial charge is 1.00 e. The third kappa shape index (κ3) is 10.2. The van der Waals surface area contributed by atoms with E-state index in [1.165, 1.54) is 13.8 Å². The quantitative estimate of drug-likeness (QED) is 0.307. The molecule has 0 amide bonds. The number of carbonyl (C=O) groups excluding carboxylic acids is 2. The average molecular weight is 345 g/mol. The predicted molar refractivity (Wildman–Crippen MR) is 55.1 cm³/mol. The van der Waals surface area contributed by atoms with Crippen molar-refractivity contribution in [2.75, 3.05) is 34.3 Å². The number of hydrogen-bond acceptors (Lipinski definition) is 4. The molecule has 0 aliphatic carbocycles. The van der Waals surface area contributed by atoms with Crippen LogP contribution in [0, 0.1) is 0 Å². The van der Waals surface area contributed by atoms with Gasteiger partial charge in [0.1, 0.15) is 13.2 Å². The van der Waals surface area contributed by atoms with Crippen molar-refractivity contribution >= 4 is 11.9 Å². The number of halogens is 1. The summed E-state index contributed by atoms with van der Waals surface area (Å²) < 4.78 is 10.3. The number of hydrogen-bond donors (Lipinski definition) is 0. The van der Waals surface area contributed by atoms with Gasteiger partial charge in [0.15, 0.2) is 6.10 Å². The molecule has 0 heterocycles. The molecule has 0 saturated heterocycles. The first kappa shape index (κ1) is 18.0. The summed E-state index contributed by atoms with van der Waals surface area (Å²) in [4.78, 5) is 21.8. The minimum atomic E-state index is -0.824. The summed E-state index contributed by atoms with van der Waals surface area (Å²) >= 11 is 0. The van der Waals surface area contributed by atoms with Gasteiger partial charge in [-0.05, 0) is 6.92 Å². The van der Waals surface area contributed by atoms with Gasteiger partial charge in [0, 0.05) is 6.92 Å². The lowest BCUT2D eigenvalue weighted by molar-refractivity contribution is -0.870.